The molecule has 0 aromatic heterocycles. The van der Waals surface area contributed by atoms with Crippen LogP contribution in [-0.2, 0) is 15.6 Å². The standard InChI is InChI=1S/C15H12F2O3S/c16-12-6-7-13(14(17)8-12)15(18)10-21(19,20)9-11-4-2-1-3-5-11/h1-8H,9-10H2. The lowest BCUT2D eigenvalue weighted by molar-refractivity contribution is 0.101. The predicted molar refractivity (Wildman–Crippen MR) is 74.6 cm³/mol. The van der Waals surface area contributed by atoms with Gasteiger partial charge < -0.3 is 0 Å². The van der Waals surface area contributed by atoms with Gasteiger partial charge in [0.25, 0.3) is 0 Å². The van der Waals surface area contributed by atoms with Crippen molar-refractivity contribution in [2.45, 2.75) is 5.75 Å². The molecule has 3 nitrogen and oxygen atoms in total. The summed E-state index contributed by atoms with van der Waals surface area (Å²) in [5, 5.41) is 0. The minimum atomic E-state index is -3.72. The first-order chi connectivity index (χ1) is 9.87. The number of Topliss-reactive ketones (excluding diaryl/α,β-unsaturated/α-hetero) is 1. The summed E-state index contributed by atoms with van der Waals surface area (Å²) in [6.45, 7) is 0. The summed E-state index contributed by atoms with van der Waals surface area (Å²) in [6.07, 6.45) is 0. The van der Waals surface area contributed by atoms with E-state index in [9.17, 15) is 22.0 Å². The number of hydrogen-bond donors (Lipinski definition) is 0. The Labute approximate surface area is 121 Å². The number of rotatable bonds is 5. The number of sulfone groups is 1. The lowest BCUT2D eigenvalue weighted by atomic mass is 10.1. The molecule has 6 heteroatoms. The van der Waals surface area contributed by atoms with Crippen molar-refractivity contribution in [2.24, 2.45) is 0 Å². The number of hydrogen-bond acceptors (Lipinski definition) is 3. The summed E-state index contributed by atoms with van der Waals surface area (Å²) in [5.74, 6) is -3.89. The fourth-order valence-corrected chi connectivity index (χ4v) is 3.23. The Kier molecular flexibility index (Phi) is 4.47. The SMILES string of the molecule is O=C(CS(=O)(=O)Cc1ccccc1)c1ccc(F)cc1F. The van der Waals surface area contributed by atoms with Gasteiger partial charge >= 0.3 is 0 Å². The molecule has 0 saturated heterocycles. The average molecular weight is 310 g/mol. The molecule has 0 aliphatic rings. The fraction of sp³-hybridized carbons (Fsp3) is 0.133. The third kappa shape index (κ3) is 4.19. The van der Waals surface area contributed by atoms with E-state index in [4.69, 9.17) is 0 Å². The minimum absolute atomic E-state index is 0.303. The quantitative estimate of drug-likeness (QED) is 0.798. The van der Waals surface area contributed by atoms with Crippen molar-refractivity contribution in [1.29, 1.82) is 0 Å². The van der Waals surface area contributed by atoms with Crippen LogP contribution in [0.25, 0.3) is 0 Å². The van der Waals surface area contributed by atoms with Gasteiger partial charge in [0.05, 0.1) is 11.3 Å². The van der Waals surface area contributed by atoms with Crippen molar-refractivity contribution in [2.75, 3.05) is 5.75 Å². The first-order valence-electron chi connectivity index (χ1n) is 6.10. The van der Waals surface area contributed by atoms with E-state index in [0.717, 1.165) is 12.1 Å². The Morgan fingerprint density at radius 2 is 1.67 bits per heavy atom. The van der Waals surface area contributed by atoms with Crippen molar-refractivity contribution in [1.82, 2.24) is 0 Å². The summed E-state index contributed by atoms with van der Waals surface area (Å²) in [5.41, 5.74) is 0.123. The lowest BCUT2D eigenvalue weighted by Crippen LogP contribution is -2.19. The maximum Gasteiger partial charge on any atom is 0.180 e. The number of carbonyl (C=O) groups is 1. The maximum absolute atomic E-state index is 13.4. The molecule has 110 valence electrons. The van der Waals surface area contributed by atoms with Gasteiger partial charge in [0.15, 0.2) is 15.6 Å². The number of ketones is 1. The van der Waals surface area contributed by atoms with Gasteiger partial charge in [-0.25, -0.2) is 17.2 Å². The Hall–Kier alpha value is -2.08. The molecule has 2 rings (SSSR count). The van der Waals surface area contributed by atoms with Gasteiger partial charge in [-0.3, -0.25) is 4.79 Å². The maximum atomic E-state index is 13.4. The van der Waals surface area contributed by atoms with E-state index < -0.39 is 38.6 Å². The van der Waals surface area contributed by atoms with E-state index in [1.807, 2.05) is 0 Å². The number of benzene rings is 2. The van der Waals surface area contributed by atoms with E-state index in [-0.39, 0.29) is 5.75 Å². The van der Waals surface area contributed by atoms with Gasteiger partial charge in [-0.1, -0.05) is 30.3 Å². The highest BCUT2D eigenvalue weighted by atomic mass is 32.2. The Balaban J connectivity index is 2.15. The Morgan fingerprint density at radius 3 is 2.29 bits per heavy atom. The lowest BCUT2D eigenvalue weighted by Gasteiger charge is -2.05. The van der Waals surface area contributed by atoms with Gasteiger partial charge in [-0.2, -0.15) is 0 Å². The highest BCUT2D eigenvalue weighted by molar-refractivity contribution is 7.91. The molecule has 0 aliphatic heterocycles. The molecule has 0 heterocycles. The van der Waals surface area contributed by atoms with E-state index in [2.05, 4.69) is 0 Å². The Bertz CT molecular complexity index is 756. The normalized spacial score (nSPS) is 11.3. The monoisotopic (exact) mass is 310 g/mol. The van der Waals surface area contributed by atoms with Crippen molar-refractivity contribution < 1.29 is 22.0 Å². The second-order valence-corrected chi connectivity index (χ2v) is 6.63. The topological polar surface area (TPSA) is 51.2 Å². The van der Waals surface area contributed by atoms with E-state index >= 15 is 0 Å². The van der Waals surface area contributed by atoms with Crippen LogP contribution in [0.5, 0.6) is 0 Å². The van der Waals surface area contributed by atoms with Crippen molar-refractivity contribution in [3.05, 3.63) is 71.3 Å². The molecular formula is C15H12F2O3S. The molecule has 2 aromatic rings. The van der Waals surface area contributed by atoms with Crippen LogP contribution in [-0.4, -0.2) is 20.0 Å². The van der Waals surface area contributed by atoms with Crippen LogP contribution < -0.4 is 0 Å². The second kappa shape index (κ2) is 6.13. The van der Waals surface area contributed by atoms with Crippen LogP contribution in [0.2, 0.25) is 0 Å². The van der Waals surface area contributed by atoms with Crippen LogP contribution in [0.1, 0.15) is 15.9 Å². The Morgan fingerprint density at radius 1 is 1.00 bits per heavy atom. The highest BCUT2D eigenvalue weighted by Gasteiger charge is 2.21. The van der Waals surface area contributed by atoms with Crippen molar-refractivity contribution in [3.8, 4) is 0 Å². The highest BCUT2D eigenvalue weighted by Crippen LogP contribution is 2.13. The van der Waals surface area contributed by atoms with Crippen LogP contribution in [0.4, 0.5) is 8.78 Å². The summed E-state index contributed by atoms with van der Waals surface area (Å²) in [4.78, 5) is 11.8. The number of carbonyl (C=O) groups excluding carboxylic acids is 1. The van der Waals surface area contributed by atoms with Crippen molar-refractivity contribution >= 4 is 15.6 Å². The second-order valence-electron chi connectivity index (χ2n) is 4.57. The molecule has 0 amide bonds. The van der Waals surface area contributed by atoms with Gasteiger partial charge in [0, 0.05) is 6.07 Å². The van der Waals surface area contributed by atoms with Gasteiger partial charge in [-0.15, -0.1) is 0 Å². The minimum Gasteiger partial charge on any atom is -0.293 e. The predicted octanol–water partition coefficient (Wildman–Crippen LogP) is 2.76. The molecule has 0 fully saturated rings. The third-order valence-corrected chi connectivity index (χ3v) is 4.29. The number of halogens is 2. The molecule has 0 unspecified atom stereocenters. The first kappa shape index (κ1) is 15.3. The van der Waals surface area contributed by atoms with Crippen LogP contribution >= 0.6 is 0 Å². The van der Waals surface area contributed by atoms with E-state index in [0.29, 0.717) is 11.6 Å². The molecule has 0 N–H and O–H groups in total. The zero-order chi connectivity index (χ0) is 15.5. The van der Waals surface area contributed by atoms with Crippen molar-refractivity contribution in [3.63, 3.8) is 0 Å². The fourth-order valence-electron chi connectivity index (χ4n) is 1.87. The van der Waals surface area contributed by atoms with Crippen LogP contribution in [0.3, 0.4) is 0 Å². The van der Waals surface area contributed by atoms with E-state index in [1.165, 1.54) is 0 Å². The zero-order valence-corrected chi connectivity index (χ0v) is 11.7. The zero-order valence-electron chi connectivity index (χ0n) is 10.9. The summed E-state index contributed by atoms with van der Waals surface area (Å²) >= 11 is 0. The molecule has 0 radical (unpaired) electrons. The molecule has 0 spiro atoms. The molecule has 0 bridgehead atoms. The smallest absolute Gasteiger partial charge is 0.180 e. The van der Waals surface area contributed by atoms with Crippen LogP contribution in [0, 0.1) is 11.6 Å². The molecule has 2 aromatic carbocycles. The first-order valence-corrected chi connectivity index (χ1v) is 7.92. The van der Waals surface area contributed by atoms with Gasteiger partial charge in [0.1, 0.15) is 17.4 Å². The average Bonchev–Trinajstić information content (AvgIpc) is 2.38. The third-order valence-electron chi connectivity index (χ3n) is 2.81. The summed E-state index contributed by atoms with van der Waals surface area (Å²) < 4.78 is 50.1. The van der Waals surface area contributed by atoms with E-state index in [1.54, 1.807) is 30.3 Å². The summed E-state index contributed by atoms with van der Waals surface area (Å²) in [6, 6.07) is 10.8. The molecular weight excluding hydrogens is 298 g/mol. The van der Waals surface area contributed by atoms with Gasteiger partial charge in [0.2, 0.25) is 0 Å². The molecule has 21 heavy (non-hydrogen) atoms. The molecule has 0 atom stereocenters. The largest absolute Gasteiger partial charge is 0.293 e. The molecule has 0 saturated carbocycles. The summed E-state index contributed by atoms with van der Waals surface area (Å²) in [7, 11) is -3.72. The van der Waals surface area contributed by atoms with Crippen LogP contribution in [0.15, 0.2) is 48.5 Å². The molecule has 0 aliphatic carbocycles. The van der Waals surface area contributed by atoms with Gasteiger partial charge in [-0.05, 0) is 17.7 Å².